The van der Waals surface area contributed by atoms with Crippen LogP contribution >= 0.6 is 0 Å². The van der Waals surface area contributed by atoms with E-state index in [2.05, 4.69) is 0 Å². The molecule has 1 rings (SSSR count). The average Bonchev–Trinajstić information content (AvgIpc) is 2.94. The summed E-state index contributed by atoms with van der Waals surface area (Å²) in [4.78, 5) is 72.5. The van der Waals surface area contributed by atoms with Gasteiger partial charge in [-0.05, 0) is 26.8 Å². The van der Waals surface area contributed by atoms with Crippen molar-refractivity contribution >= 4 is 35.4 Å². The molecule has 0 aromatic carbocycles. The monoisotopic (exact) mass is 421 g/mol. The number of hydrogen-bond donors (Lipinski definition) is 1. The molecule has 0 atom stereocenters. The van der Waals surface area contributed by atoms with E-state index in [1.54, 1.807) is 20.8 Å². The molecular formula is C20H27N3O7. The molecule has 0 fully saturated rings. The number of esters is 1. The van der Waals surface area contributed by atoms with E-state index in [0.29, 0.717) is 0 Å². The Hall–Kier alpha value is -3.30. The van der Waals surface area contributed by atoms with Gasteiger partial charge in [0.05, 0.1) is 6.42 Å². The summed E-state index contributed by atoms with van der Waals surface area (Å²) in [6, 6.07) is 0. The highest BCUT2D eigenvalue weighted by atomic mass is 16.6. The summed E-state index contributed by atoms with van der Waals surface area (Å²) in [6.07, 6.45) is 3.86. The molecule has 0 saturated heterocycles. The molecule has 10 heteroatoms. The normalized spacial score (nSPS) is 13.8. The number of carbonyl (C=O) groups is 6. The molecule has 0 bridgehead atoms. The molecule has 0 spiro atoms. The SMILES string of the molecule is CC(C)(C)OC(=O)CCN(CCC(=O)/C=C\C(N)=O)C(=O)CCN1C(=O)C=CC1=O. The van der Waals surface area contributed by atoms with Gasteiger partial charge in [-0.1, -0.05) is 0 Å². The predicted molar refractivity (Wildman–Crippen MR) is 105 cm³/mol. The molecule has 2 N–H and O–H groups in total. The van der Waals surface area contributed by atoms with Crippen LogP contribution in [-0.4, -0.2) is 70.4 Å². The van der Waals surface area contributed by atoms with Gasteiger partial charge in [-0.2, -0.15) is 0 Å². The zero-order valence-corrected chi connectivity index (χ0v) is 17.4. The molecule has 0 saturated carbocycles. The summed E-state index contributed by atoms with van der Waals surface area (Å²) in [7, 11) is 0. The van der Waals surface area contributed by atoms with Gasteiger partial charge in [0, 0.05) is 50.7 Å². The van der Waals surface area contributed by atoms with Crippen molar-refractivity contribution in [2.75, 3.05) is 19.6 Å². The van der Waals surface area contributed by atoms with E-state index >= 15 is 0 Å². The maximum atomic E-state index is 12.6. The van der Waals surface area contributed by atoms with E-state index in [4.69, 9.17) is 10.5 Å². The highest BCUT2D eigenvalue weighted by molar-refractivity contribution is 6.13. The summed E-state index contributed by atoms with van der Waals surface area (Å²) in [5.41, 5.74) is 4.26. The van der Waals surface area contributed by atoms with Crippen molar-refractivity contribution in [3.8, 4) is 0 Å². The Bertz CT molecular complexity index is 760. The highest BCUT2D eigenvalue weighted by Gasteiger charge is 2.25. The lowest BCUT2D eigenvalue weighted by molar-refractivity contribution is -0.155. The minimum absolute atomic E-state index is 0.000698. The second-order valence-electron chi connectivity index (χ2n) is 7.58. The second kappa shape index (κ2) is 11.0. The molecule has 30 heavy (non-hydrogen) atoms. The Kier molecular flexibility index (Phi) is 9.10. The molecule has 10 nitrogen and oxygen atoms in total. The maximum Gasteiger partial charge on any atom is 0.308 e. The first-order valence-corrected chi connectivity index (χ1v) is 9.42. The van der Waals surface area contributed by atoms with Gasteiger partial charge in [-0.15, -0.1) is 0 Å². The van der Waals surface area contributed by atoms with Crippen LogP contribution in [0.3, 0.4) is 0 Å². The fourth-order valence-electron chi connectivity index (χ4n) is 2.50. The number of ether oxygens (including phenoxy) is 1. The zero-order valence-electron chi connectivity index (χ0n) is 17.4. The molecular weight excluding hydrogens is 394 g/mol. The second-order valence-corrected chi connectivity index (χ2v) is 7.58. The van der Waals surface area contributed by atoms with Crippen LogP contribution in [-0.2, 0) is 33.5 Å². The fraction of sp³-hybridized carbons (Fsp3) is 0.500. The molecule has 1 aliphatic heterocycles. The van der Waals surface area contributed by atoms with Crippen LogP contribution in [0, 0.1) is 0 Å². The van der Waals surface area contributed by atoms with Crippen LogP contribution in [0.1, 0.15) is 40.0 Å². The number of carbonyl (C=O) groups excluding carboxylic acids is 6. The molecule has 4 amide bonds. The van der Waals surface area contributed by atoms with E-state index in [1.165, 1.54) is 4.90 Å². The molecule has 0 aliphatic carbocycles. The first-order chi connectivity index (χ1) is 13.9. The van der Waals surface area contributed by atoms with Crippen molar-refractivity contribution in [3.05, 3.63) is 24.3 Å². The number of hydrogen-bond acceptors (Lipinski definition) is 7. The van der Waals surface area contributed by atoms with E-state index < -0.39 is 41.0 Å². The molecule has 0 aromatic heterocycles. The van der Waals surface area contributed by atoms with Crippen molar-refractivity contribution in [3.63, 3.8) is 0 Å². The van der Waals surface area contributed by atoms with Gasteiger partial charge in [0.2, 0.25) is 11.8 Å². The van der Waals surface area contributed by atoms with Crippen molar-refractivity contribution in [2.24, 2.45) is 5.73 Å². The zero-order chi connectivity index (χ0) is 22.9. The molecule has 1 heterocycles. The van der Waals surface area contributed by atoms with Crippen LogP contribution < -0.4 is 5.73 Å². The van der Waals surface area contributed by atoms with Crippen LogP contribution in [0.2, 0.25) is 0 Å². The van der Waals surface area contributed by atoms with Crippen molar-refractivity contribution in [1.29, 1.82) is 0 Å². The van der Waals surface area contributed by atoms with Gasteiger partial charge >= 0.3 is 5.97 Å². The third-order valence-electron chi connectivity index (χ3n) is 3.87. The number of nitrogens with zero attached hydrogens (tertiary/aromatic N) is 2. The number of imide groups is 1. The van der Waals surface area contributed by atoms with Gasteiger partial charge in [0.15, 0.2) is 5.78 Å². The smallest absolute Gasteiger partial charge is 0.308 e. The molecule has 164 valence electrons. The van der Waals surface area contributed by atoms with Crippen molar-refractivity contribution in [2.45, 2.75) is 45.6 Å². The topological polar surface area (TPSA) is 144 Å². The third-order valence-corrected chi connectivity index (χ3v) is 3.87. The molecule has 0 radical (unpaired) electrons. The van der Waals surface area contributed by atoms with E-state index in [1.807, 2.05) is 0 Å². The van der Waals surface area contributed by atoms with Crippen LogP contribution in [0.15, 0.2) is 24.3 Å². The van der Waals surface area contributed by atoms with Crippen molar-refractivity contribution in [1.82, 2.24) is 9.80 Å². The van der Waals surface area contributed by atoms with Crippen LogP contribution in [0.25, 0.3) is 0 Å². The molecule has 0 unspecified atom stereocenters. The fourth-order valence-corrected chi connectivity index (χ4v) is 2.50. The summed E-state index contributed by atoms with van der Waals surface area (Å²) < 4.78 is 5.22. The Labute approximate surface area is 174 Å². The summed E-state index contributed by atoms with van der Waals surface area (Å²) in [6.45, 7) is 5.04. The Morgan fingerprint density at radius 3 is 2.10 bits per heavy atom. The van der Waals surface area contributed by atoms with E-state index in [-0.39, 0.29) is 38.9 Å². The van der Waals surface area contributed by atoms with E-state index in [0.717, 1.165) is 29.2 Å². The maximum absolute atomic E-state index is 12.6. The Balaban J connectivity index is 2.69. The lowest BCUT2D eigenvalue weighted by atomic mass is 10.2. The number of rotatable bonds is 11. The summed E-state index contributed by atoms with van der Waals surface area (Å²) in [5.74, 6) is -3.13. The highest BCUT2D eigenvalue weighted by Crippen LogP contribution is 2.10. The van der Waals surface area contributed by atoms with Gasteiger partial charge in [-0.3, -0.25) is 33.7 Å². The van der Waals surface area contributed by atoms with Gasteiger partial charge in [-0.25, -0.2) is 0 Å². The number of amides is 4. The van der Waals surface area contributed by atoms with Gasteiger partial charge in [0.25, 0.3) is 11.8 Å². The number of ketones is 1. The minimum atomic E-state index is -0.769. The van der Waals surface area contributed by atoms with Crippen LogP contribution in [0.5, 0.6) is 0 Å². The third kappa shape index (κ3) is 9.26. The lowest BCUT2D eigenvalue weighted by Crippen LogP contribution is -2.39. The van der Waals surface area contributed by atoms with Gasteiger partial charge < -0.3 is 15.4 Å². The van der Waals surface area contributed by atoms with Gasteiger partial charge in [0.1, 0.15) is 5.60 Å². The Morgan fingerprint density at radius 1 is 1.00 bits per heavy atom. The quantitative estimate of drug-likeness (QED) is 0.278. The largest absolute Gasteiger partial charge is 0.460 e. The lowest BCUT2D eigenvalue weighted by Gasteiger charge is -2.24. The molecule has 1 aliphatic rings. The first-order valence-electron chi connectivity index (χ1n) is 9.42. The minimum Gasteiger partial charge on any atom is -0.460 e. The number of nitrogens with two attached hydrogens (primary N) is 1. The predicted octanol–water partition coefficient (Wildman–Crippen LogP) is -0.137. The average molecular weight is 421 g/mol. The molecule has 0 aromatic rings. The standard InChI is InChI=1S/C20H27N3O7/c1-20(2,3)30-19(29)10-12-22(11-8-14(24)4-5-15(21)25)16(26)9-13-23-17(27)6-7-18(23)28/h4-7H,8-13H2,1-3H3,(H2,21,25)/b5-4-. The Morgan fingerprint density at radius 2 is 1.57 bits per heavy atom. The van der Waals surface area contributed by atoms with Crippen LogP contribution in [0.4, 0.5) is 0 Å². The van der Waals surface area contributed by atoms with E-state index in [9.17, 15) is 28.8 Å². The number of allylic oxidation sites excluding steroid dienone is 1. The summed E-state index contributed by atoms with van der Waals surface area (Å²) in [5, 5.41) is 0. The van der Waals surface area contributed by atoms with Crippen molar-refractivity contribution < 1.29 is 33.5 Å². The number of primary amides is 1. The first kappa shape index (κ1) is 24.7. The summed E-state index contributed by atoms with van der Waals surface area (Å²) >= 11 is 0.